The van der Waals surface area contributed by atoms with Crippen LogP contribution in [0.15, 0.2) is 18.2 Å². The fourth-order valence-electron chi connectivity index (χ4n) is 2.06. The van der Waals surface area contributed by atoms with Gasteiger partial charge < -0.3 is 9.67 Å². The van der Waals surface area contributed by atoms with E-state index in [9.17, 15) is 15.2 Å². The number of aromatic nitrogens is 3. The highest BCUT2D eigenvalue weighted by atomic mass is 16.6. The van der Waals surface area contributed by atoms with Gasteiger partial charge in [0.25, 0.3) is 5.69 Å². The number of hydrogen-bond acceptors (Lipinski definition) is 5. The molecule has 0 radical (unpaired) electrons. The second kappa shape index (κ2) is 5.15. The monoisotopic (exact) mass is 262 g/mol. The van der Waals surface area contributed by atoms with Crippen LogP contribution in [0.25, 0.3) is 11.4 Å². The zero-order valence-corrected chi connectivity index (χ0v) is 10.7. The third kappa shape index (κ3) is 2.19. The number of aliphatic hydroxyl groups is 1. The maximum atomic E-state index is 11.1. The van der Waals surface area contributed by atoms with Crippen molar-refractivity contribution in [3.05, 3.63) is 39.7 Å². The molecule has 19 heavy (non-hydrogen) atoms. The summed E-state index contributed by atoms with van der Waals surface area (Å²) in [6.45, 7) is 3.94. The van der Waals surface area contributed by atoms with E-state index in [-0.39, 0.29) is 12.3 Å². The minimum atomic E-state index is -0.435. The van der Waals surface area contributed by atoms with E-state index in [4.69, 9.17) is 0 Å². The summed E-state index contributed by atoms with van der Waals surface area (Å²) in [5.74, 6) is 0.811. The van der Waals surface area contributed by atoms with Crippen LogP contribution in [0.3, 0.4) is 0 Å². The summed E-state index contributed by atoms with van der Waals surface area (Å²) in [7, 11) is 0. The zero-order valence-electron chi connectivity index (χ0n) is 10.7. The molecule has 0 fully saturated rings. The van der Waals surface area contributed by atoms with E-state index in [1.807, 2.05) is 6.92 Å². The van der Waals surface area contributed by atoms with Gasteiger partial charge in [0, 0.05) is 12.6 Å². The van der Waals surface area contributed by atoms with Crippen molar-refractivity contribution in [1.29, 1.82) is 0 Å². The lowest BCUT2D eigenvalue weighted by molar-refractivity contribution is -0.384. The van der Waals surface area contributed by atoms with Crippen LogP contribution in [0.1, 0.15) is 18.3 Å². The van der Waals surface area contributed by atoms with E-state index in [0.717, 1.165) is 5.56 Å². The van der Waals surface area contributed by atoms with Crippen molar-refractivity contribution in [3.8, 4) is 11.4 Å². The molecule has 0 saturated heterocycles. The predicted molar refractivity (Wildman–Crippen MR) is 68.4 cm³/mol. The third-order valence-corrected chi connectivity index (χ3v) is 2.96. The molecule has 0 amide bonds. The third-order valence-electron chi connectivity index (χ3n) is 2.96. The van der Waals surface area contributed by atoms with Gasteiger partial charge in [0.2, 0.25) is 0 Å². The molecule has 0 aliphatic rings. The largest absolute Gasteiger partial charge is 0.388 e. The van der Waals surface area contributed by atoms with Crippen LogP contribution in [0.5, 0.6) is 0 Å². The number of aryl methyl sites for hydroxylation is 1. The summed E-state index contributed by atoms with van der Waals surface area (Å²) in [6.07, 6.45) is 0. The molecule has 0 spiro atoms. The first-order chi connectivity index (χ1) is 9.10. The number of nitrogens with zero attached hydrogens (tertiary/aromatic N) is 4. The lowest BCUT2D eigenvalue weighted by atomic mass is 10.1. The van der Waals surface area contributed by atoms with Gasteiger partial charge in [-0.15, -0.1) is 10.2 Å². The summed E-state index contributed by atoms with van der Waals surface area (Å²) in [4.78, 5) is 10.7. The normalized spacial score (nSPS) is 10.7. The molecule has 0 aliphatic heterocycles. The van der Waals surface area contributed by atoms with Crippen LogP contribution < -0.4 is 0 Å². The number of benzene rings is 1. The SMILES string of the molecule is CCn1c(CO)nnc1-c1c(C)cccc1[N+](=O)[O-]. The average Bonchev–Trinajstić information content (AvgIpc) is 2.80. The second-order valence-electron chi connectivity index (χ2n) is 4.07. The number of nitro groups is 1. The summed E-state index contributed by atoms with van der Waals surface area (Å²) in [6, 6.07) is 4.86. The van der Waals surface area contributed by atoms with E-state index in [1.165, 1.54) is 6.07 Å². The summed E-state index contributed by atoms with van der Waals surface area (Å²) < 4.78 is 1.68. The van der Waals surface area contributed by atoms with Crippen molar-refractivity contribution in [2.75, 3.05) is 0 Å². The molecular weight excluding hydrogens is 248 g/mol. The molecule has 100 valence electrons. The molecule has 0 bridgehead atoms. The quantitative estimate of drug-likeness (QED) is 0.668. The fraction of sp³-hybridized carbons (Fsp3) is 0.333. The Labute approximate surface area is 109 Å². The zero-order chi connectivity index (χ0) is 14.0. The molecule has 1 aromatic heterocycles. The molecule has 0 unspecified atom stereocenters. The molecule has 0 atom stereocenters. The second-order valence-corrected chi connectivity index (χ2v) is 4.07. The van der Waals surface area contributed by atoms with Crippen LogP contribution in [0, 0.1) is 17.0 Å². The van der Waals surface area contributed by atoms with Crippen molar-refractivity contribution in [2.45, 2.75) is 27.0 Å². The molecule has 7 nitrogen and oxygen atoms in total. The van der Waals surface area contributed by atoms with Gasteiger partial charge in [0.15, 0.2) is 11.6 Å². The van der Waals surface area contributed by atoms with Gasteiger partial charge >= 0.3 is 0 Å². The lowest BCUT2D eigenvalue weighted by Gasteiger charge is -2.08. The summed E-state index contributed by atoms with van der Waals surface area (Å²) in [5.41, 5.74) is 1.19. The number of hydrogen-bond donors (Lipinski definition) is 1. The maximum absolute atomic E-state index is 11.1. The van der Waals surface area contributed by atoms with Gasteiger partial charge in [-0.1, -0.05) is 12.1 Å². The minimum Gasteiger partial charge on any atom is -0.388 e. The Bertz CT molecular complexity index is 621. The van der Waals surface area contributed by atoms with E-state index in [1.54, 1.807) is 23.6 Å². The van der Waals surface area contributed by atoms with Crippen LogP contribution in [-0.4, -0.2) is 24.8 Å². The van der Waals surface area contributed by atoms with Crippen molar-refractivity contribution in [1.82, 2.24) is 14.8 Å². The smallest absolute Gasteiger partial charge is 0.280 e. The van der Waals surface area contributed by atoms with E-state index < -0.39 is 4.92 Å². The van der Waals surface area contributed by atoms with Crippen molar-refractivity contribution in [2.24, 2.45) is 0 Å². The molecule has 0 aliphatic carbocycles. The van der Waals surface area contributed by atoms with Gasteiger partial charge in [-0.05, 0) is 19.4 Å². The molecule has 0 saturated carbocycles. The Morgan fingerprint density at radius 1 is 1.42 bits per heavy atom. The Morgan fingerprint density at radius 2 is 2.16 bits per heavy atom. The van der Waals surface area contributed by atoms with Crippen LogP contribution >= 0.6 is 0 Å². The number of rotatable bonds is 4. The minimum absolute atomic E-state index is 0.00779. The molecule has 1 N–H and O–H groups in total. The van der Waals surface area contributed by atoms with Gasteiger partial charge in [-0.3, -0.25) is 10.1 Å². The molecule has 1 heterocycles. The highest BCUT2D eigenvalue weighted by Gasteiger charge is 2.23. The van der Waals surface area contributed by atoms with Gasteiger partial charge in [0.1, 0.15) is 6.61 Å². The van der Waals surface area contributed by atoms with E-state index >= 15 is 0 Å². The lowest BCUT2D eigenvalue weighted by Crippen LogP contribution is -2.05. The van der Waals surface area contributed by atoms with Crippen molar-refractivity contribution in [3.63, 3.8) is 0 Å². The summed E-state index contributed by atoms with van der Waals surface area (Å²) in [5, 5.41) is 28.2. The van der Waals surface area contributed by atoms with E-state index in [0.29, 0.717) is 23.8 Å². The topological polar surface area (TPSA) is 94.1 Å². The van der Waals surface area contributed by atoms with Gasteiger partial charge in [0.05, 0.1) is 10.5 Å². The average molecular weight is 262 g/mol. The van der Waals surface area contributed by atoms with Crippen LogP contribution in [0.2, 0.25) is 0 Å². The first-order valence-electron chi connectivity index (χ1n) is 5.87. The first kappa shape index (κ1) is 13.2. The van der Waals surface area contributed by atoms with Crippen LogP contribution in [0.4, 0.5) is 5.69 Å². The highest BCUT2D eigenvalue weighted by molar-refractivity contribution is 5.72. The Kier molecular flexibility index (Phi) is 3.57. The molecule has 1 aromatic carbocycles. The molecule has 2 aromatic rings. The Hall–Kier alpha value is -2.28. The summed E-state index contributed by atoms with van der Waals surface area (Å²) >= 11 is 0. The first-order valence-corrected chi connectivity index (χ1v) is 5.87. The molecule has 7 heteroatoms. The molecular formula is C12H14N4O3. The van der Waals surface area contributed by atoms with Gasteiger partial charge in [-0.25, -0.2) is 0 Å². The van der Waals surface area contributed by atoms with Gasteiger partial charge in [-0.2, -0.15) is 0 Å². The number of nitro benzene ring substituents is 1. The maximum Gasteiger partial charge on any atom is 0.280 e. The van der Waals surface area contributed by atoms with E-state index in [2.05, 4.69) is 10.2 Å². The van der Waals surface area contributed by atoms with Crippen molar-refractivity contribution >= 4 is 5.69 Å². The molecule has 2 rings (SSSR count). The predicted octanol–water partition coefficient (Wildman–Crippen LogP) is 1.67. The highest BCUT2D eigenvalue weighted by Crippen LogP contribution is 2.31. The number of aliphatic hydroxyl groups excluding tert-OH is 1. The Balaban J connectivity index is 2.71. The standard InChI is InChI=1S/C12H14N4O3/c1-3-15-10(7-17)13-14-12(15)11-8(2)5-4-6-9(11)16(18)19/h4-6,17H,3,7H2,1-2H3. The van der Waals surface area contributed by atoms with Crippen molar-refractivity contribution < 1.29 is 10.0 Å². The Morgan fingerprint density at radius 3 is 2.74 bits per heavy atom. The fourth-order valence-corrected chi connectivity index (χ4v) is 2.06. The van der Waals surface area contributed by atoms with Crippen LogP contribution in [-0.2, 0) is 13.2 Å².